The summed E-state index contributed by atoms with van der Waals surface area (Å²) < 4.78 is 33.4. The second-order valence-electron chi connectivity index (χ2n) is 15.9. The van der Waals surface area contributed by atoms with Crippen LogP contribution in [0, 0.1) is 0 Å². The number of carbonyl (C=O) groups is 2. The lowest BCUT2D eigenvalue weighted by Gasteiger charge is -2.20. The fourth-order valence-corrected chi connectivity index (χ4v) is 7.44. The molecule has 0 saturated carbocycles. The molecule has 0 bridgehead atoms. The minimum absolute atomic E-state index is 0.0196. The summed E-state index contributed by atoms with van der Waals surface area (Å²) in [5.74, 6) is -1.78. The highest BCUT2D eigenvalue weighted by Gasteiger charge is 2.27. The van der Waals surface area contributed by atoms with Crippen LogP contribution >= 0.6 is 7.82 Å². The van der Waals surface area contributed by atoms with Gasteiger partial charge in [0.2, 0.25) is 0 Å². The third-order valence-electron chi connectivity index (χ3n) is 10.3. The van der Waals surface area contributed by atoms with E-state index >= 15 is 0 Å². The van der Waals surface area contributed by atoms with Crippen LogP contribution < -0.4 is 5.73 Å². The SMILES string of the molecule is CCCCCCC/C=C\CCCCCCCC(=O)OC(COCCCCCCCCCCCCCCCCCCCCCC)COP(=O)(O)OCC(N)C(=O)O. The summed E-state index contributed by atoms with van der Waals surface area (Å²) in [6, 6.07) is -1.47. The quantitative estimate of drug-likeness (QED) is 0.0234. The number of hydrogen-bond donors (Lipinski definition) is 3. The van der Waals surface area contributed by atoms with Crippen molar-refractivity contribution in [3.63, 3.8) is 0 Å². The molecule has 3 unspecified atom stereocenters. The Labute approximate surface area is 343 Å². The van der Waals surface area contributed by atoms with Crippen LogP contribution in [-0.4, -0.2) is 60.5 Å². The van der Waals surface area contributed by atoms with E-state index in [1.165, 1.54) is 148 Å². The van der Waals surface area contributed by atoms with Gasteiger partial charge in [-0.2, -0.15) is 0 Å². The van der Waals surface area contributed by atoms with E-state index in [-0.39, 0.29) is 13.0 Å². The number of allylic oxidation sites excluding steroid dienone is 2. The average Bonchev–Trinajstić information content (AvgIpc) is 3.18. The van der Waals surface area contributed by atoms with Gasteiger partial charge in [0.15, 0.2) is 0 Å². The zero-order chi connectivity index (χ0) is 41.2. The molecule has 0 saturated heterocycles. The molecule has 10 nitrogen and oxygen atoms in total. The molecular weight excluding hydrogens is 729 g/mol. The number of aliphatic carboxylic acids is 1. The fourth-order valence-electron chi connectivity index (χ4n) is 6.66. The molecule has 11 heteroatoms. The van der Waals surface area contributed by atoms with E-state index in [1.54, 1.807) is 0 Å². The molecule has 0 radical (unpaired) electrons. The molecule has 0 fully saturated rings. The molecule has 0 aromatic rings. The van der Waals surface area contributed by atoms with E-state index in [0.29, 0.717) is 13.0 Å². The zero-order valence-corrected chi connectivity index (χ0v) is 37.1. The van der Waals surface area contributed by atoms with Gasteiger partial charge >= 0.3 is 19.8 Å². The van der Waals surface area contributed by atoms with Gasteiger partial charge in [-0.15, -0.1) is 0 Å². The molecular formula is C45H88NO9P. The normalized spacial score (nSPS) is 13.9. The van der Waals surface area contributed by atoms with E-state index < -0.39 is 45.1 Å². The van der Waals surface area contributed by atoms with Crippen LogP contribution in [0.2, 0.25) is 0 Å². The number of unbranched alkanes of at least 4 members (excludes halogenated alkanes) is 29. The monoisotopic (exact) mass is 818 g/mol. The van der Waals surface area contributed by atoms with Crippen LogP contribution in [-0.2, 0) is 32.7 Å². The van der Waals surface area contributed by atoms with Gasteiger partial charge < -0.3 is 25.2 Å². The van der Waals surface area contributed by atoms with Crippen molar-refractivity contribution in [2.24, 2.45) is 5.73 Å². The van der Waals surface area contributed by atoms with E-state index in [4.69, 9.17) is 29.4 Å². The first-order chi connectivity index (χ1) is 27.2. The molecule has 0 rings (SSSR count). The van der Waals surface area contributed by atoms with Gasteiger partial charge in [0.1, 0.15) is 12.1 Å². The third-order valence-corrected chi connectivity index (χ3v) is 11.2. The van der Waals surface area contributed by atoms with Gasteiger partial charge in [0.25, 0.3) is 0 Å². The van der Waals surface area contributed by atoms with Crippen LogP contribution in [0.4, 0.5) is 0 Å². The Balaban J connectivity index is 4.14. The van der Waals surface area contributed by atoms with Crippen LogP contribution in [0.3, 0.4) is 0 Å². The lowest BCUT2D eigenvalue weighted by Crippen LogP contribution is -2.34. The first-order valence-corrected chi connectivity index (χ1v) is 24.7. The molecule has 0 aliphatic rings. The second kappa shape index (κ2) is 41.9. The lowest BCUT2D eigenvalue weighted by atomic mass is 10.0. The Bertz CT molecular complexity index is 951. The van der Waals surface area contributed by atoms with Crippen LogP contribution in [0.5, 0.6) is 0 Å². The van der Waals surface area contributed by atoms with Gasteiger partial charge in [-0.1, -0.05) is 193 Å². The number of phosphoric acid groups is 1. The predicted molar refractivity (Wildman–Crippen MR) is 231 cm³/mol. The highest BCUT2D eigenvalue weighted by Crippen LogP contribution is 2.43. The summed E-state index contributed by atoms with van der Waals surface area (Å²) in [4.78, 5) is 33.5. The van der Waals surface area contributed by atoms with E-state index in [9.17, 15) is 19.0 Å². The van der Waals surface area contributed by atoms with Crippen molar-refractivity contribution in [2.45, 2.75) is 238 Å². The highest BCUT2D eigenvalue weighted by atomic mass is 31.2. The predicted octanol–water partition coefficient (Wildman–Crippen LogP) is 12.9. The number of phosphoric ester groups is 1. The van der Waals surface area contributed by atoms with Crippen LogP contribution in [0.15, 0.2) is 12.2 Å². The first kappa shape index (κ1) is 54.7. The van der Waals surface area contributed by atoms with Crippen LogP contribution in [0.25, 0.3) is 0 Å². The molecule has 0 amide bonds. The maximum atomic E-state index is 12.6. The minimum Gasteiger partial charge on any atom is -0.480 e. The van der Waals surface area contributed by atoms with Crippen molar-refractivity contribution in [1.29, 1.82) is 0 Å². The summed E-state index contributed by atoms with van der Waals surface area (Å²) in [5, 5.41) is 8.90. The number of carboxylic acids is 1. The number of rotatable bonds is 45. The molecule has 0 aromatic carbocycles. The van der Waals surface area contributed by atoms with Crippen molar-refractivity contribution < 1.29 is 42.7 Å². The Morgan fingerprint density at radius 2 is 0.929 bits per heavy atom. The average molecular weight is 818 g/mol. The third kappa shape index (κ3) is 40.9. The maximum Gasteiger partial charge on any atom is 0.472 e. The molecule has 56 heavy (non-hydrogen) atoms. The van der Waals surface area contributed by atoms with Gasteiger partial charge in [-0.3, -0.25) is 18.6 Å². The summed E-state index contributed by atoms with van der Waals surface area (Å²) >= 11 is 0. The molecule has 332 valence electrons. The summed E-state index contributed by atoms with van der Waals surface area (Å²) in [6.07, 6.45) is 44.1. The molecule has 0 aromatic heterocycles. The largest absolute Gasteiger partial charge is 0.480 e. The number of carbonyl (C=O) groups excluding carboxylic acids is 1. The Morgan fingerprint density at radius 1 is 0.554 bits per heavy atom. The van der Waals surface area contributed by atoms with Crippen molar-refractivity contribution in [3.8, 4) is 0 Å². The fraction of sp³-hybridized carbons (Fsp3) is 0.911. The number of carboxylic acid groups (broad SMARTS) is 1. The Kier molecular flexibility index (Phi) is 40.9. The van der Waals surface area contributed by atoms with Gasteiger partial charge in [-0.25, -0.2) is 4.57 Å². The molecule has 0 heterocycles. The van der Waals surface area contributed by atoms with Crippen molar-refractivity contribution in [2.75, 3.05) is 26.4 Å². The maximum absolute atomic E-state index is 12.6. The Hall–Kier alpha value is -1.29. The number of hydrogen-bond acceptors (Lipinski definition) is 8. The number of nitrogens with two attached hydrogens (primary N) is 1. The summed E-state index contributed by atoms with van der Waals surface area (Å²) in [6.45, 7) is 3.90. The van der Waals surface area contributed by atoms with E-state index in [1.807, 2.05) is 0 Å². The smallest absolute Gasteiger partial charge is 0.472 e. The minimum atomic E-state index is -4.61. The topological polar surface area (TPSA) is 155 Å². The Morgan fingerprint density at radius 3 is 1.36 bits per heavy atom. The molecule has 0 spiro atoms. The summed E-state index contributed by atoms with van der Waals surface area (Å²) in [5.41, 5.74) is 5.36. The number of esters is 1. The number of ether oxygens (including phenoxy) is 2. The molecule has 0 aliphatic heterocycles. The standard InChI is InChI=1S/C45H88NO9P/c1-3-5-7-9-11-13-15-17-19-20-21-22-23-24-26-28-30-32-34-36-38-52-39-42(40-53-56(50,51)54-41-43(46)45(48)49)55-44(47)37-35-33-31-29-27-25-18-16-14-12-10-8-6-4-2/h16,18,42-43H,3-15,17,19-41,46H2,1-2H3,(H,48,49)(H,50,51)/b18-16-. The summed E-state index contributed by atoms with van der Waals surface area (Å²) in [7, 11) is -4.61. The van der Waals surface area contributed by atoms with Crippen molar-refractivity contribution >= 4 is 19.8 Å². The van der Waals surface area contributed by atoms with Gasteiger partial charge in [-0.05, 0) is 38.5 Å². The van der Waals surface area contributed by atoms with E-state index in [0.717, 1.165) is 51.4 Å². The van der Waals surface area contributed by atoms with Crippen molar-refractivity contribution in [1.82, 2.24) is 0 Å². The zero-order valence-electron chi connectivity index (χ0n) is 36.2. The highest BCUT2D eigenvalue weighted by molar-refractivity contribution is 7.47. The first-order valence-electron chi connectivity index (χ1n) is 23.2. The van der Waals surface area contributed by atoms with Gasteiger partial charge in [0.05, 0.1) is 19.8 Å². The van der Waals surface area contributed by atoms with Crippen molar-refractivity contribution in [3.05, 3.63) is 12.2 Å². The molecule has 4 N–H and O–H groups in total. The second-order valence-corrected chi connectivity index (χ2v) is 17.3. The van der Waals surface area contributed by atoms with E-state index in [2.05, 4.69) is 26.0 Å². The van der Waals surface area contributed by atoms with Gasteiger partial charge in [0, 0.05) is 13.0 Å². The molecule has 3 atom stereocenters. The lowest BCUT2D eigenvalue weighted by molar-refractivity contribution is -0.154. The molecule has 0 aliphatic carbocycles. The van der Waals surface area contributed by atoms with Crippen LogP contribution in [0.1, 0.15) is 226 Å².